The first kappa shape index (κ1) is 17.6. The number of carboxylic acid groups (broad SMARTS) is 1. The first-order valence-corrected chi connectivity index (χ1v) is 7.49. The number of β-lactam (4-membered cyclic amide) rings is 1. The van der Waals surface area contributed by atoms with E-state index < -0.39 is 17.4 Å². The molecule has 2 fully saturated rings. The molecule has 2 aliphatic rings. The van der Waals surface area contributed by atoms with Crippen LogP contribution in [0.2, 0.25) is 0 Å². The number of aliphatic carboxylic acids is 1. The Hall–Kier alpha value is -0.760. The van der Waals surface area contributed by atoms with Crippen molar-refractivity contribution >= 4 is 23.6 Å². The van der Waals surface area contributed by atoms with E-state index in [4.69, 9.17) is 4.74 Å². The summed E-state index contributed by atoms with van der Waals surface area (Å²) >= 11 is 1.40. The van der Waals surface area contributed by atoms with Crippen LogP contribution in [0.1, 0.15) is 14.8 Å². The van der Waals surface area contributed by atoms with Crippen LogP contribution in [0.3, 0.4) is 0 Å². The van der Waals surface area contributed by atoms with Crippen LogP contribution in [0, 0.1) is 5.82 Å². The smallest absolute Gasteiger partial charge is 1.00 e. The van der Waals surface area contributed by atoms with Gasteiger partial charge in [0.25, 0.3) is 0 Å². The van der Waals surface area contributed by atoms with Crippen LogP contribution < -0.4 is 34.3 Å². The number of rotatable bonds is 3. The van der Waals surface area contributed by atoms with Crippen molar-refractivity contribution in [3.8, 4) is 5.75 Å². The van der Waals surface area contributed by atoms with Crippen LogP contribution in [-0.2, 0) is 9.59 Å². The summed E-state index contributed by atoms with van der Waals surface area (Å²) in [5.41, 5.74) is -1.56. The van der Waals surface area contributed by atoms with Gasteiger partial charge in [-0.05, 0) is 19.1 Å². The molecular formula is C14H15FNNaO4S. The molecule has 1 N–H and O–H groups in total. The Morgan fingerprint density at radius 3 is 2.91 bits per heavy atom. The molecule has 5 nitrogen and oxygen atoms in total. The summed E-state index contributed by atoms with van der Waals surface area (Å²) in [7, 11) is 0. The molecule has 3 atom stereocenters. The van der Waals surface area contributed by atoms with E-state index >= 15 is 0 Å². The second-order valence-electron chi connectivity index (χ2n) is 5.21. The third-order valence-electron chi connectivity index (χ3n) is 3.90. The minimum absolute atomic E-state index is 0. The molecule has 0 bridgehead atoms. The van der Waals surface area contributed by atoms with Gasteiger partial charge in [-0.15, -0.1) is 11.8 Å². The number of benzene rings is 1. The number of halogens is 1. The van der Waals surface area contributed by atoms with Gasteiger partial charge in [0, 0.05) is 6.07 Å². The van der Waals surface area contributed by atoms with Gasteiger partial charge in [0.2, 0.25) is 11.5 Å². The van der Waals surface area contributed by atoms with E-state index in [2.05, 4.69) is 0 Å². The third-order valence-corrected chi connectivity index (χ3v) is 5.42. The predicted octanol–water partition coefficient (Wildman–Crippen LogP) is -1.16. The van der Waals surface area contributed by atoms with E-state index in [0.717, 1.165) is 6.07 Å². The first-order valence-electron chi connectivity index (χ1n) is 6.55. The van der Waals surface area contributed by atoms with E-state index in [9.17, 15) is 19.1 Å². The molecule has 2 unspecified atom stereocenters. The van der Waals surface area contributed by atoms with Crippen molar-refractivity contribution in [2.75, 3.05) is 6.54 Å². The van der Waals surface area contributed by atoms with E-state index in [-0.39, 0.29) is 59.8 Å². The van der Waals surface area contributed by atoms with Gasteiger partial charge in [-0.3, -0.25) is 4.79 Å². The van der Waals surface area contributed by atoms with Crippen LogP contribution in [0.5, 0.6) is 5.75 Å². The average Bonchev–Trinajstić information content (AvgIpc) is 2.41. The molecule has 1 aromatic rings. The molecule has 1 aromatic carbocycles. The number of hydrogen-bond donors (Lipinski definition) is 1. The molecule has 0 radical (unpaired) electrons. The van der Waals surface area contributed by atoms with Crippen molar-refractivity contribution < 1.29 is 54.8 Å². The standard InChI is InChI=1S/C14H14FNO4S.Na.H/c1-8-14(13(18)19,7-16-11(17)6-12(16)21-8)20-10-4-2-3-9(15)5-10;;/h2-5,8,12H,6-7H2,1H3,(H,18,19);;/q;+1;-1/t8?,12-,14?;;/m1../s1. The van der Waals surface area contributed by atoms with Gasteiger partial charge in [-0.25, -0.2) is 9.18 Å². The van der Waals surface area contributed by atoms with Crippen molar-refractivity contribution in [3.05, 3.63) is 30.1 Å². The molecule has 0 spiro atoms. The Labute approximate surface area is 155 Å². The normalized spacial score (nSPS) is 29.9. The number of ether oxygens (including phenoxy) is 1. The number of hydrogen-bond acceptors (Lipinski definition) is 4. The second-order valence-corrected chi connectivity index (χ2v) is 6.74. The summed E-state index contributed by atoms with van der Waals surface area (Å²) in [4.78, 5) is 24.9. The van der Waals surface area contributed by atoms with Crippen molar-refractivity contribution in [2.45, 2.75) is 29.6 Å². The van der Waals surface area contributed by atoms with E-state index in [1.165, 1.54) is 34.9 Å². The summed E-state index contributed by atoms with van der Waals surface area (Å²) in [5.74, 6) is -1.57. The van der Waals surface area contributed by atoms with Gasteiger partial charge < -0.3 is 16.2 Å². The number of amides is 1. The maximum Gasteiger partial charge on any atom is 1.00 e. The fourth-order valence-electron chi connectivity index (χ4n) is 2.60. The number of carbonyl (C=O) groups excluding carboxylic acids is 1. The van der Waals surface area contributed by atoms with Gasteiger partial charge in [-0.2, -0.15) is 0 Å². The Morgan fingerprint density at radius 2 is 2.32 bits per heavy atom. The topological polar surface area (TPSA) is 66.8 Å². The van der Waals surface area contributed by atoms with Gasteiger partial charge in [-0.1, -0.05) is 6.07 Å². The van der Waals surface area contributed by atoms with Crippen molar-refractivity contribution in [3.63, 3.8) is 0 Å². The molecule has 2 aliphatic heterocycles. The van der Waals surface area contributed by atoms with E-state index in [1.807, 2.05) is 0 Å². The minimum atomic E-state index is -1.56. The Balaban J connectivity index is 0.00000132. The molecule has 2 saturated heterocycles. The number of thioether (sulfide) groups is 1. The summed E-state index contributed by atoms with van der Waals surface area (Å²) in [6.45, 7) is 1.74. The third kappa shape index (κ3) is 2.87. The van der Waals surface area contributed by atoms with Crippen molar-refractivity contribution in [1.82, 2.24) is 4.90 Å². The summed E-state index contributed by atoms with van der Waals surface area (Å²) in [5, 5.41) is 9.30. The number of carbonyl (C=O) groups is 2. The van der Waals surface area contributed by atoms with Crippen LogP contribution in [0.25, 0.3) is 0 Å². The summed E-state index contributed by atoms with van der Waals surface area (Å²) < 4.78 is 18.9. The number of carboxylic acids is 1. The van der Waals surface area contributed by atoms with Crippen molar-refractivity contribution in [1.29, 1.82) is 0 Å². The van der Waals surface area contributed by atoms with Crippen LogP contribution >= 0.6 is 11.8 Å². The molecule has 8 heteroatoms. The molecule has 22 heavy (non-hydrogen) atoms. The van der Waals surface area contributed by atoms with Crippen LogP contribution in [0.4, 0.5) is 4.39 Å². The van der Waals surface area contributed by atoms with Crippen molar-refractivity contribution in [2.24, 2.45) is 0 Å². The quantitative estimate of drug-likeness (QED) is 0.557. The average molecular weight is 335 g/mol. The Kier molecular flexibility index (Phi) is 5.11. The monoisotopic (exact) mass is 335 g/mol. The molecule has 0 aromatic heterocycles. The Bertz CT molecular complexity index is 622. The van der Waals surface area contributed by atoms with E-state index in [1.54, 1.807) is 6.92 Å². The second kappa shape index (κ2) is 6.39. The fraction of sp³-hybridized carbons (Fsp3) is 0.429. The number of fused-ring (bicyclic) bond motifs is 1. The van der Waals surface area contributed by atoms with Gasteiger partial charge in [0.05, 0.1) is 23.6 Å². The molecule has 3 rings (SSSR count). The van der Waals surface area contributed by atoms with Gasteiger partial charge >= 0.3 is 35.5 Å². The van der Waals surface area contributed by atoms with E-state index in [0.29, 0.717) is 6.42 Å². The molecule has 0 saturated carbocycles. The maximum absolute atomic E-state index is 13.3. The molecule has 0 aliphatic carbocycles. The maximum atomic E-state index is 13.3. The van der Waals surface area contributed by atoms with Gasteiger partial charge in [0.1, 0.15) is 11.6 Å². The largest absolute Gasteiger partial charge is 1.00 e. The molecular weight excluding hydrogens is 320 g/mol. The van der Waals surface area contributed by atoms with Crippen LogP contribution in [-0.4, -0.2) is 44.7 Å². The summed E-state index contributed by atoms with van der Waals surface area (Å²) in [6.07, 6.45) is 0.435. The number of nitrogens with zero attached hydrogens (tertiary/aromatic N) is 1. The molecule has 114 valence electrons. The molecule has 1 amide bonds. The fourth-order valence-corrected chi connectivity index (χ4v) is 4.10. The SMILES string of the molecule is CC1S[C@@H]2CC(=O)N2CC1(Oc1cccc(F)c1)C(=O)O.[H-].[Na+]. The zero-order valence-electron chi connectivity index (χ0n) is 13.3. The first-order chi connectivity index (χ1) is 9.92. The Morgan fingerprint density at radius 1 is 1.59 bits per heavy atom. The molecule has 2 heterocycles. The summed E-state index contributed by atoms with van der Waals surface area (Å²) in [6, 6.07) is 5.37. The zero-order valence-corrected chi connectivity index (χ0v) is 15.1. The zero-order chi connectivity index (χ0) is 15.2. The van der Waals surface area contributed by atoms with Crippen LogP contribution in [0.15, 0.2) is 24.3 Å². The van der Waals surface area contributed by atoms with Gasteiger partial charge in [0.15, 0.2) is 0 Å². The predicted molar refractivity (Wildman–Crippen MR) is 75.7 cm³/mol. The minimum Gasteiger partial charge on any atom is -1.00 e.